The van der Waals surface area contributed by atoms with E-state index in [2.05, 4.69) is 9.97 Å². The summed E-state index contributed by atoms with van der Waals surface area (Å²) >= 11 is 0. The molecule has 1 heterocycles. The monoisotopic (exact) mass is 255 g/mol. The third-order valence-corrected chi connectivity index (χ3v) is 3.39. The number of hydrogen-bond acceptors (Lipinski definition) is 4. The number of ether oxygens (including phenoxy) is 1. The van der Waals surface area contributed by atoms with Crippen LogP contribution in [0.3, 0.4) is 0 Å². The number of anilines is 1. The van der Waals surface area contributed by atoms with Crippen LogP contribution in [-0.2, 0) is 0 Å². The van der Waals surface area contributed by atoms with Gasteiger partial charge in [0.1, 0.15) is 11.6 Å². The molecule has 0 radical (unpaired) electrons. The Kier molecular flexibility index (Phi) is 3.31. The molecule has 0 saturated heterocycles. The van der Waals surface area contributed by atoms with Crippen molar-refractivity contribution in [2.45, 2.75) is 31.8 Å². The minimum Gasteiger partial charge on any atom is -0.490 e. The molecular formula is C15H17N3O. The van der Waals surface area contributed by atoms with E-state index in [0.717, 1.165) is 11.3 Å². The summed E-state index contributed by atoms with van der Waals surface area (Å²) in [7, 11) is 0. The fraction of sp³-hybridized carbons (Fsp3) is 0.333. The van der Waals surface area contributed by atoms with E-state index in [1.54, 1.807) is 12.3 Å². The fourth-order valence-electron chi connectivity index (χ4n) is 2.39. The zero-order valence-corrected chi connectivity index (χ0v) is 10.7. The molecule has 0 atom stereocenters. The Labute approximate surface area is 112 Å². The average Bonchev–Trinajstić information content (AvgIpc) is 2.92. The van der Waals surface area contributed by atoms with Crippen molar-refractivity contribution in [3.8, 4) is 17.1 Å². The first-order valence-corrected chi connectivity index (χ1v) is 6.67. The van der Waals surface area contributed by atoms with Gasteiger partial charge in [-0.1, -0.05) is 0 Å². The zero-order valence-electron chi connectivity index (χ0n) is 10.7. The molecule has 1 aromatic carbocycles. The Morgan fingerprint density at radius 2 is 1.79 bits per heavy atom. The van der Waals surface area contributed by atoms with Gasteiger partial charge in [-0.15, -0.1) is 0 Å². The largest absolute Gasteiger partial charge is 0.490 e. The van der Waals surface area contributed by atoms with Gasteiger partial charge in [-0.2, -0.15) is 0 Å². The van der Waals surface area contributed by atoms with Crippen molar-refractivity contribution in [1.82, 2.24) is 9.97 Å². The third-order valence-electron chi connectivity index (χ3n) is 3.39. The molecule has 0 bridgehead atoms. The van der Waals surface area contributed by atoms with E-state index in [1.165, 1.54) is 25.7 Å². The minimum absolute atomic E-state index is 0.384. The van der Waals surface area contributed by atoms with Gasteiger partial charge in [0.05, 0.1) is 6.10 Å². The number of aromatic nitrogens is 2. The maximum absolute atomic E-state index is 5.92. The second kappa shape index (κ2) is 5.26. The summed E-state index contributed by atoms with van der Waals surface area (Å²) in [4.78, 5) is 8.41. The van der Waals surface area contributed by atoms with E-state index in [-0.39, 0.29) is 0 Å². The van der Waals surface area contributed by atoms with Gasteiger partial charge in [0.2, 0.25) is 0 Å². The Bertz CT molecular complexity index is 548. The molecule has 1 aliphatic rings. The van der Waals surface area contributed by atoms with Crippen molar-refractivity contribution in [1.29, 1.82) is 0 Å². The van der Waals surface area contributed by atoms with Crippen LogP contribution in [0.4, 0.5) is 5.82 Å². The van der Waals surface area contributed by atoms with Gasteiger partial charge < -0.3 is 10.5 Å². The number of hydrogen-bond donors (Lipinski definition) is 1. The van der Waals surface area contributed by atoms with Crippen molar-refractivity contribution < 1.29 is 4.74 Å². The van der Waals surface area contributed by atoms with E-state index < -0.39 is 0 Å². The lowest BCUT2D eigenvalue weighted by molar-refractivity contribution is 0.210. The first-order valence-electron chi connectivity index (χ1n) is 6.67. The summed E-state index contributed by atoms with van der Waals surface area (Å²) in [6, 6.07) is 9.57. The lowest BCUT2D eigenvalue weighted by atomic mass is 10.2. The molecule has 0 unspecified atom stereocenters. The minimum atomic E-state index is 0.384. The van der Waals surface area contributed by atoms with Gasteiger partial charge in [-0.3, -0.25) is 0 Å². The van der Waals surface area contributed by atoms with Crippen molar-refractivity contribution in [3.05, 3.63) is 36.5 Å². The highest BCUT2D eigenvalue weighted by atomic mass is 16.5. The molecule has 2 N–H and O–H groups in total. The molecule has 19 heavy (non-hydrogen) atoms. The second-order valence-electron chi connectivity index (χ2n) is 4.85. The molecule has 0 aliphatic heterocycles. The molecule has 1 aliphatic carbocycles. The van der Waals surface area contributed by atoms with E-state index >= 15 is 0 Å². The summed E-state index contributed by atoms with van der Waals surface area (Å²) in [5, 5.41) is 0. The molecule has 1 saturated carbocycles. The van der Waals surface area contributed by atoms with Crippen LogP contribution in [0.1, 0.15) is 25.7 Å². The van der Waals surface area contributed by atoms with Crippen LogP contribution in [0.15, 0.2) is 36.5 Å². The van der Waals surface area contributed by atoms with Crippen molar-refractivity contribution in [2.24, 2.45) is 0 Å². The zero-order chi connectivity index (χ0) is 13.1. The van der Waals surface area contributed by atoms with Crippen LogP contribution in [0.25, 0.3) is 11.4 Å². The van der Waals surface area contributed by atoms with Gasteiger partial charge in [0, 0.05) is 11.8 Å². The van der Waals surface area contributed by atoms with Gasteiger partial charge in [-0.05, 0) is 56.0 Å². The van der Waals surface area contributed by atoms with Crippen LogP contribution in [0.2, 0.25) is 0 Å². The number of benzene rings is 1. The van der Waals surface area contributed by atoms with E-state index in [1.807, 2.05) is 24.3 Å². The predicted octanol–water partition coefficient (Wildman–Crippen LogP) is 3.05. The lowest BCUT2D eigenvalue weighted by Gasteiger charge is -2.13. The number of nitrogens with two attached hydrogens (primary N) is 1. The van der Waals surface area contributed by atoms with Crippen molar-refractivity contribution in [3.63, 3.8) is 0 Å². The molecular weight excluding hydrogens is 238 g/mol. The van der Waals surface area contributed by atoms with E-state index in [9.17, 15) is 0 Å². The Balaban J connectivity index is 1.74. The molecule has 4 nitrogen and oxygen atoms in total. The third kappa shape index (κ3) is 2.84. The first kappa shape index (κ1) is 12.0. The van der Waals surface area contributed by atoms with E-state index in [0.29, 0.717) is 17.7 Å². The molecule has 98 valence electrons. The lowest BCUT2D eigenvalue weighted by Crippen LogP contribution is -2.10. The smallest absolute Gasteiger partial charge is 0.161 e. The highest BCUT2D eigenvalue weighted by molar-refractivity contribution is 5.57. The summed E-state index contributed by atoms with van der Waals surface area (Å²) < 4.78 is 5.92. The molecule has 4 heteroatoms. The fourth-order valence-corrected chi connectivity index (χ4v) is 2.39. The summed E-state index contributed by atoms with van der Waals surface area (Å²) in [5.41, 5.74) is 6.61. The second-order valence-corrected chi connectivity index (χ2v) is 4.85. The topological polar surface area (TPSA) is 61.0 Å². The standard InChI is InChI=1S/C15H17N3O/c16-14-9-10-17-15(18-14)11-5-7-13(8-6-11)19-12-3-1-2-4-12/h5-10,12H,1-4H2,(H2,16,17,18). The van der Waals surface area contributed by atoms with Gasteiger partial charge in [0.25, 0.3) is 0 Å². The van der Waals surface area contributed by atoms with Crippen LogP contribution < -0.4 is 10.5 Å². The van der Waals surface area contributed by atoms with Crippen LogP contribution in [-0.4, -0.2) is 16.1 Å². The predicted molar refractivity (Wildman–Crippen MR) is 74.8 cm³/mol. The SMILES string of the molecule is Nc1ccnc(-c2ccc(OC3CCCC3)cc2)n1. The molecule has 0 amide bonds. The van der Waals surface area contributed by atoms with Crippen molar-refractivity contribution >= 4 is 5.82 Å². The highest BCUT2D eigenvalue weighted by Gasteiger charge is 2.16. The number of nitrogens with zero attached hydrogens (tertiary/aromatic N) is 2. The maximum atomic E-state index is 5.92. The molecule has 1 aromatic heterocycles. The van der Waals surface area contributed by atoms with E-state index in [4.69, 9.17) is 10.5 Å². The number of nitrogen functional groups attached to an aromatic ring is 1. The first-order chi connectivity index (χ1) is 9.31. The summed E-state index contributed by atoms with van der Waals surface area (Å²) in [6.45, 7) is 0. The number of rotatable bonds is 3. The Hall–Kier alpha value is -2.10. The summed E-state index contributed by atoms with van der Waals surface area (Å²) in [5.74, 6) is 2.04. The van der Waals surface area contributed by atoms with Gasteiger partial charge >= 0.3 is 0 Å². The summed E-state index contributed by atoms with van der Waals surface area (Å²) in [6.07, 6.45) is 6.94. The van der Waals surface area contributed by atoms with Crippen LogP contribution in [0.5, 0.6) is 5.75 Å². The maximum Gasteiger partial charge on any atom is 0.161 e. The van der Waals surface area contributed by atoms with Crippen molar-refractivity contribution in [2.75, 3.05) is 5.73 Å². The molecule has 2 aromatic rings. The molecule has 3 rings (SSSR count). The highest BCUT2D eigenvalue weighted by Crippen LogP contribution is 2.25. The average molecular weight is 255 g/mol. The van der Waals surface area contributed by atoms with Gasteiger partial charge in [-0.25, -0.2) is 9.97 Å². The Morgan fingerprint density at radius 3 is 2.47 bits per heavy atom. The van der Waals surface area contributed by atoms with Gasteiger partial charge in [0.15, 0.2) is 5.82 Å². The quantitative estimate of drug-likeness (QED) is 0.915. The van der Waals surface area contributed by atoms with Crippen LogP contribution >= 0.6 is 0 Å². The normalized spacial score (nSPS) is 15.6. The molecule has 0 spiro atoms. The Morgan fingerprint density at radius 1 is 1.05 bits per heavy atom. The van der Waals surface area contributed by atoms with Crippen LogP contribution in [0, 0.1) is 0 Å². The molecule has 1 fully saturated rings.